The number of aromatic amines is 1. The zero-order valence-electron chi connectivity index (χ0n) is 13.5. The second kappa shape index (κ2) is 7.66. The molecule has 2 N–H and O–H groups in total. The molecule has 8 heteroatoms. The van der Waals surface area contributed by atoms with E-state index in [4.69, 9.17) is 10.00 Å². The highest BCUT2D eigenvalue weighted by Gasteiger charge is 2.13. The number of hydrogen-bond donors (Lipinski definition) is 2. The summed E-state index contributed by atoms with van der Waals surface area (Å²) in [5, 5.41) is 12.1. The van der Waals surface area contributed by atoms with Crippen LogP contribution < -0.4 is 15.7 Å². The first-order valence-electron chi connectivity index (χ1n) is 7.03. The third-order valence-corrected chi connectivity index (χ3v) is 4.14. The molecule has 0 aliphatic heterocycles. The van der Waals surface area contributed by atoms with Gasteiger partial charge in [0.1, 0.15) is 22.4 Å². The summed E-state index contributed by atoms with van der Waals surface area (Å²) in [4.78, 5) is 29.8. The van der Waals surface area contributed by atoms with Crippen molar-refractivity contribution in [1.29, 1.82) is 5.26 Å². The quantitative estimate of drug-likeness (QED) is 0.634. The van der Waals surface area contributed by atoms with Gasteiger partial charge in [-0.2, -0.15) is 10.2 Å². The van der Waals surface area contributed by atoms with Gasteiger partial charge in [0.15, 0.2) is 0 Å². The molecule has 24 heavy (non-hydrogen) atoms. The van der Waals surface area contributed by atoms with Gasteiger partial charge in [-0.3, -0.25) is 4.79 Å². The number of thioether (sulfide) groups is 1. The van der Waals surface area contributed by atoms with Gasteiger partial charge in [0.25, 0.3) is 0 Å². The van der Waals surface area contributed by atoms with Crippen molar-refractivity contribution < 1.29 is 9.53 Å². The minimum absolute atomic E-state index is 0.0155. The van der Waals surface area contributed by atoms with E-state index in [0.29, 0.717) is 17.1 Å². The first-order valence-corrected chi connectivity index (χ1v) is 8.01. The summed E-state index contributed by atoms with van der Waals surface area (Å²) in [6, 6.07) is 7.44. The third kappa shape index (κ3) is 4.14. The number of carbonyl (C=O) groups is 1. The van der Waals surface area contributed by atoms with E-state index in [1.54, 1.807) is 19.1 Å². The van der Waals surface area contributed by atoms with E-state index in [1.165, 1.54) is 7.11 Å². The van der Waals surface area contributed by atoms with E-state index in [-0.39, 0.29) is 22.2 Å². The SMILES string of the molecule is COc1ccc(C)cc1NC(=O)CSc1nc(=O)[nH]c(C)c1C#N. The number of benzene rings is 1. The van der Waals surface area contributed by atoms with Gasteiger partial charge in [0, 0.05) is 5.69 Å². The fourth-order valence-corrected chi connectivity index (χ4v) is 2.87. The Morgan fingerprint density at radius 3 is 2.88 bits per heavy atom. The molecule has 0 saturated carbocycles. The number of anilines is 1. The van der Waals surface area contributed by atoms with Crippen molar-refractivity contribution >= 4 is 23.4 Å². The van der Waals surface area contributed by atoms with Crippen molar-refractivity contribution in [3.8, 4) is 11.8 Å². The monoisotopic (exact) mass is 344 g/mol. The number of ether oxygens (including phenoxy) is 1. The Labute approximate surface area is 143 Å². The van der Waals surface area contributed by atoms with Crippen LogP contribution in [0.3, 0.4) is 0 Å². The van der Waals surface area contributed by atoms with Gasteiger partial charge in [-0.1, -0.05) is 17.8 Å². The number of carbonyl (C=O) groups excluding carboxylic acids is 1. The smallest absolute Gasteiger partial charge is 0.346 e. The molecular formula is C16H16N4O3S. The maximum Gasteiger partial charge on any atom is 0.346 e. The second-order valence-corrected chi connectivity index (χ2v) is 5.96. The molecule has 2 rings (SSSR count). The van der Waals surface area contributed by atoms with Crippen LogP contribution in [0.15, 0.2) is 28.0 Å². The van der Waals surface area contributed by atoms with Crippen molar-refractivity contribution in [2.45, 2.75) is 18.9 Å². The largest absolute Gasteiger partial charge is 0.495 e. The Hall–Kier alpha value is -2.79. The summed E-state index contributed by atoms with van der Waals surface area (Å²) >= 11 is 1.04. The molecule has 0 atom stereocenters. The van der Waals surface area contributed by atoms with Crippen LogP contribution in [0.5, 0.6) is 5.75 Å². The number of rotatable bonds is 5. The highest BCUT2D eigenvalue weighted by molar-refractivity contribution is 8.00. The standard InChI is InChI=1S/C16H16N4O3S/c1-9-4-5-13(23-3)12(6-9)19-14(21)8-24-15-11(7-17)10(2)18-16(22)20-15/h4-6H,8H2,1-3H3,(H,19,21)(H,18,20,22). The summed E-state index contributed by atoms with van der Waals surface area (Å²) < 4.78 is 5.21. The first kappa shape index (κ1) is 17.6. The van der Waals surface area contributed by atoms with Gasteiger partial charge in [-0.15, -0.1) is 0 Å². The van der Waals surface area contributed by atoms with Gasteiger partial charge >= 0.3 is 5.69 Å². The van der Waals surface area contributed by atoms with Crippen LogP contribution in [0, 0.1) is 25.2 Å². The number of aromatic nitrogens is 2. The molecule has 1 heterocycles. The fourth-order valence-electron chi connectivity index (χ4n) is 2.04. The molecule has 7 nitrogen and oxygen atoms in total. The van der Waals surface area contributed by atoms with Crippen molar-refractivity contribution in [3.63, 3.8) is 0 Å². The number of hydrogen-bond acceptors (Lipinski definition) is 6. The van der Waals surface area contributed by atoms with Crippen LogP contribution in [0.2, 0.25) is 0 Å². The summed E-state index contributed by atoms with van der Waals surface area (Å²) in [7, 11) is 1.53. The third-order valence-electron chi connectivity index (χ3n) is 3.17. The van der Waals surface area contributed by atoms with E-state index in [1.807, 2.05) is 19.1 Å². The lowest BCUT2D eigenvalue weighted by Crippen LogP contribution is -2.17. The summed E-state index contributed by atoms with van der Waals surface area (Å²) in [6.45, 7) is 3.52. The molecule has 0 unspecified atom stereocenters. The van der Waals surface area contributed by atoms with Crippen LogP contribution in [0.1, 0.15) is 16.8 Å². The van der Waals surface area contributed by atoms with E-state index in [9.17, 15) is 9.59 Å². The first-order chi connectivity index (χ1) is 11.4. The molecule has 1 aromatic carbocycles. The highest BCUT2D eigenvalue weighted by Crippen LogP contribution is 2.26. The lowest BCUT2D eigenvalue weighted by atomic mass is 10.2. The Balaban J connectivity index is 2.11. The molecule has 1 aromatic heterocycles. The van der Waals surface area contributed by atoms with Crippen LogP contribution in [0.4, 0.5) is 5.69 Å². The number of nitrogens with one attached hydrogen (secondary N) is 2. The fraction of sp³-hybridized carbons (Fsp3) is 0.250. The molecule has 0 radical (unpaired) electrons. The highest BCUT2D eigenvalue weighted by atomic mass is 32.2. The van der Waals surface area contributed by atoms with Gasteiger partial charge in [0.2, 0.25) is 5.91 Å². The van der Waals surface area contributed by atoms with Crippen LogP contribution >= 0.6 is 11.8 Å². The van der Waals surface area contributed by atoms with Crippen LogP contribution in [-0.2, 0) is 4.79 Å². The Morgan fingerprint density at radius 2 is 2.21 bits per heavy atom. The maximum absolute atomic E-state index is 12.2. The second-order valence-electron chi connectivity index (χ2n) is 5.00. The maximum atomic E-state index is 12.2. The average Bonchev–Trinajstić information content (AvgIpc) is 2.52. The van der Waals surface area contributed by atoms with E-state index < -0.39 is 5.69 Å². The van der Waals surface area contributed by atoms with Crippen LogP contribution in [-0.4, -0.2) is 28.7 Å². The summed E-state index contributed by atoms with van der Waals surface area (Å²) in [6.07, 6.45) is 0. The van der Waals surface area contributed by atoms with E-state index in [0.717, 1.165) is 17.3 Å². The molecule has 2 aromatic rings. The molecule has 0 fully saturated rings. The zero-order chi connectivity index (χ0) is 17.7. The molecule has 124 valence electrons. The molecule has 0 bridgehead atoms. The number of amides is 1. The van der Waals surface area contributed by atoms with Crippen molar-refractivity contribution in [1.82, 2.24) is 9.97 Å². The Morgan fingerprint density at radius 1 is 1.46 bits per heavy atom. The molecule has 0 aliphatic rings. The number of methoxy groups -OCH3 is 1. The lowest BCUT2D eigenvalue weighted by Gasteiger charge is -2.11. The van der Waals surface area contributed by atoms with Crippen molar-refractivity contribution in [3.05, 3.63) is 45.5 Å². The van der Waals surface area contributed by atoms with E-state index in [2.05, 4.69) is 15.3 Å². The predicted molar refractivity (Wildman–Crippen MR) is 91.4 cm³/mol. The van der Waals surface area contributed by atoms with Gasteiger partial charge < -0.3 is 15.0 Å². The summed E-state index contributed by atoms with van der Waals surface area (Å²) in [5.41, 5.74) is 1.70. The predicted octanol–water partition coefficient (Wildman–Crippen LogP) is 2.00. The van der Waals surface area contributed by atoms with E-state index >= 15 is 0 Å². The Bertz CT molecular complexity index is 871. The minimum Gasteiger partial charge on any atom is -0.495 e. The Kier molecular flexibility index (Phi) is 5.60. The molecule has 0 saturated heterocycles. The zero-order valence-corrected chi connectivity index (χ0v) is 14.3. The van der Waals surface area contributed by atoms with Crippen molar-refractivity contribution in [2.75, 3.05) is 18.2 Å². The average molecular weight is 344 g/mol. The van der Waals surface area contributed by atoms with Gasteiger partial charge in [-0.05, 0) is 31.5 Å². The lowest BCUT2D eigenvalue weighted by molar-refractivity contribution is -0.113. The minimum atomic E-state index is -0.547. The number of aryl methyl sites for hydroxylation is 2. The van der Waals surface area contributed by atoms with Gasteiger partial charge in [-0.25, -0.2) is 4.79 Å². The van der Waals surface area contributed by atoms with Gasteiger partial charge in [0.05, 0.1) is 18.6 Å². The number of nitrogens with zero attached hydrogens (tertiary/aromatic N) is 2. The number of H-pyrrole nitrogens is 1. The van der Waals surface area contributed by atoms with Crippen molar-refractivity contribution in [2.24, 2.45) is 0 Å². The van der Waals surface area contributed by atoms with Crippen LogP contribution in [0.25, 0.3) is 0 Å². The normalized spacial score (nSPS) is 10.1. The molecule has 0 aliphatic carbocycles. The molecule has 0 spiro atoms. The number of nitriles is 1. The summed E-state index contributed by atoms with van der Waals surface area (Å²) in [5.74, 6) is 0.288. The topological polar surface area (TPSA) is 108 Å². The molecule has 1 amide bonds. The molecular weight excluding hydrogens is 328 g/mol.